The molecule has 1 aromatic rings. The summed E-state index contributed by atoms with van der Waals surface area (Å²) in [7, 11) is 0. The zero-order valence-corrected chi connectivity index (χ0v) is 9.13. The predicted molar refractivity (Wildman–Crippen MR) is 59.8 cm³/mol. The maximum absolute atomic E-state index is 11.2. The quantitative estimate of drug-likeness (QED) is 0.672. The van der Waals surface area contributed by atoms with Gasteiger partial charge < -0.3 is 15.6 Å². The molecule has 92 valence electrons. The van der Waals surface area contributed by atoms with E-state index in [1.54, 1.807) is 12.1 Å². The van der Waals surface area contributed by atoms with Crippen LogP contribution in [0.15, 0.2) is 30.3 Å². The minimum Gasteiger partial charge on any atom is -0.444 e. The summed E-state index contributed by atoms with van der Waals surface area (Å²) in [6.45, 7) is -0.466. The Hall–Kier alpha value is -1.92. The van der Waals surface area contributed by atoms with Crippen LogP contribution in [0.25, 0.3) is 0 Å². The first-order valence-corrected chi connectivity index (χ1v) is 5.01. The molecule has 17 heavy (non-hydrogen) atoms. The molecule has 6 nitrogen and oxygen atoms in total. The number of benzene rings is 1. The fraction of sp³-hybridized carbons (Fsp3) is 0.273. The number of aliphatic hydroxyl groups excluding tert-OH is 1. The first-order chi connectivity index (χ1) is 8.13. The van der Waals surface area contributed by atoms with Gasteiger partial charge in [0.2, 0.25) is 5.91 Å². The Morgan fingerprint density at radius 3 is 2.59 bits per heavy atom. The molecule has 0 heterocycles. The van der Waals surface area contributed by atoms with E-state index in [0.29, 0.717) is 0 Å². The second-order valence-corrected chi connectivity index (χ2v) is 3.34. The van der Waals surface area contributed by atoms with Crippen molar-refractivity contribution in [3.05, 3.63) is 35.9 Å². The molecule has 2 amide bonds. The van der Waals surface area contributed by atoms with E-state index in [1.807, 2.05) is 23.5 Å². The third-order valence-electron chi connectivity index (χ3n) is 1.97. The van der Waals surface area contributed by atoms with Gasteiger partial charge in [0, 0.05) is 0 Å². The van der Waals surface area contributed by atoms with Crippen LogP contribution in [-0.4, -0.2) is 29.8 Å². The Labute approximate surface area is 98.4 Å². The molecule has 0 aromatic heterocycles. The van der Waals surface area contributed by atoms with Crippen LogP contribution in [-0.2, 0) is 16.1 Å². The van der Waals surface area contributed by atoms with Gasteiger partial charge in [0.1, 0.15) is 12.6 Å². The number of amides is 2. The number of hydrogen-bond donors (Lipinski definition) is 3. The first-order valence-electron chi connectivity index (χ1n) is 5.01. The summed E-state index contributed by atoms with van der Waals surface area (Å²) in [6, 6.07) is 7.91. The van der Waals surface area contributed by atoms with E-state index in [1.165, 1.54) is 0 Å². The van der Waals surface area contributed by atoms with Gasteiger partial charge in [-0.3, -0.25) is 10.1 Å². The van der Waals surface area contributed by atoms with E-state index in [4.69, 9.17) is 15.6 Å². The molecule has 4 N–H and O–H groups in total. The van der Waals surface area contributed by atoms with Crippen molar-refractivity contribution in [2.45, 2.75) is 12.6 Å². The number of ether oxygens (including phenoxy) is 1. The van der Waals surface area contributed by atoms with Gasteiger partial charge in [-0.15, -0.1) is 0 Å². The minimum absolute atomic E-state index is 0.0638. The van der Waals surface area contributed by atoms with Gasteiger partial charge >= 0.3 is 6.09 Å². The van der Waals surface area contributed by atoms with Crippen LogP contribution in [0.3, 0.4) is 0 Å². The van der Waals surface area contributed by atoms with E-state index < -0.39 is 24.6 Å². The Morgan fingerprint density at radius 1 is 1.35 bits per heavy atom. The smallest absolute Gasteiger partial charge is 0.414 e. The van der Waals surface area contributed by atoms with Crippen molar-refractivity contribution in [2.75, 3.05) is 6.61 Å². The summed E-state index contributed by atoms with van der Waals surface area (Å²) in [5.41, 5.74) is 6.01. The number of nitrogens with two attached hydrogens (primary N) is 1. The molecule has 6 heteroatoms. The van der Waals surface area contributed by atoms with Gasteiger partial charge in [-0.05, 0) is 5.56 Å². The van der Waals surface area contributed by atoms with Crippen molar-refractivity contribution in [1.82, 2.24) is 5.32 Å². The molecule has 0 aliphatic carbocycles. The third kappa shape index (κ3) is 4.62. The highest BCUT2D eigenvalue weighted by atomic mass is 16.5. The Bertz CT molecular complexity index is 380. The van der Waals surface area contributed by atoms with Crippen LogP contribution >= 0.6 is 0 Å². The lowest BCUT2D eigenvalue weighted by Crippen LogP contribution is -2.45. The summed E-state index contributed by atoms with van der Waals surface area (Å²) < 4.78 is 4.79. The number of carbonyl (C=O) groups excluding carboxylic acids is 2. The van der Waals surface area contributed by atoms with Crippen molar-refractivity contribution in [1.29, 1.82) is 0 Å². The Kier molecular flexibility index (Phi) is 5.12. The van der Waals surface area contributed by atoms with Crippen LogP contribution in [0, 0.1) is 0 Å². The summed E-state index contributed by atoms with van der Waals surface area (Å²) >= 11 is 0. The molecule has 0 fully saturated rings. The van der Waals surface area contributed by atoms with Crippen LogP contribution in [0.5, 0.6) is 0 Å². The number of hydrogen-bond acceptors (Lipinski definition) is 5. The van der Waals surface area contributed by atoms with Crippen LogP contribution in [0.4, 0.5) is 4.79 Å². The lowest BCUT2D eigenvalue weighted by Gasteiger charge is -2.09. The topological polar surface area (TPSA) is 102 Å². The summed E-state index contributed by atoms with van der Waals surface area (Å²) in [4.78, 5) is 22.3. The zero-order chi connectivity index (χ0) is 12.7. The van der Waals surface area contributed by atoms with Crippen LogP contribution < -0.4 is 11.1 Å². The second kappa shape index (κ2) is 6.62. The van der Waals surface area contributed by atoms with E-state index in [0.717, 1.165) is 5.56 Å². The number of aliphatic hydroxyl groups is 1. The van der Waals surface area contributed by atoms with Gasteiger partial charge in [0.15, 0.2) is 0 Å². The van der Waals surface area contributed by atoms with Gasteiger partial charge in [-0.2, -0.15) is 0 Å². The number of rotatable bonds is 4. The average molecular weight is 238 g/mol. The fourth-order valence-corrected chi connectivity index (χ4v) is 1.04. The summed E-state index contributed by atoms with van der Waals surface area (Å²) in [5, 5.41) is 10.5. The fourth-order valence-electron chi connectivity index (χ4n) is 1.04. The molecule has 0 saturated carbocycles. The monoisotopic (exact) mass is 238 g/mol. The standard InChI is InChI=1S/C11H14N2O4/c12-9(6-14)10(15)13-11(16)17-7-8-4-2-1-3-5-8/h1-5,9,14H,6-7,12H2,(H,13,15,16)/t9-/m0/s1. The minimum atomic E-state index is -1.13. The van der Waals surface area contributed by atoms with Crippen molar-refractivity contribution in [3.63, 3.8) is 0 Å². The molecule has 0 radical (unpaired) electrons. The predicted octanol–water partition coefficient (Wildman–Crippen LogP) is -0.241. The van der Waals surface area contributed by atoms with Gasteiger partial charge in [0.25, 0.3) is 0 Å². The van der Waals surface area contributed by atoms with Gasteiger partial charge in [0.05, 0.1) is 6.61 Å². The average Bonchev–Trinajstić information content (AvgIpc) is 2.36. The van der Waals surface area contributed by atoms with Crippen LogP contribution in [0.1, 0.15) is 5.56 Å². The van der Waals surface area contributed by atoms with E-state index in [9.17, 15) is 9.59 Å². The van der Waals surface area contributed by atoms with Crippen LogP contribution in [0.2, 0.25) is 0 Å². The number of nitrogens with one attached hydrogen (secondary N) is 1. The molecule has 0 saturated heterocycles. The lowest BCUT2D eigenvalue weighted by atomic mass is 10.2. The van der Waals surface area contributed by atoms with Crippen molar-refractivity contribution < 1.29 is 19.4 Å². The largest absolute Gasteiger partial charge is 0.444 e. The molecular weight excluding hydrogens is 224 g/mol. The number of imide groups is 1. The maximum atomic E-state index is 11.2. The lowest BCUT2D eigenvalue weighted by molar-refractivity contribution is -0.122. The maximum Gasteiger partial charge on any atom is 0.414 e. The molecule has 0 aliphatic heterocycles. The molecule has 0 unspecified atom stereocenters. The second-order valence-electron chi connectivity index (χ2n) is 3.34. The Morgan fingerprint density at radius 2 is 2.00 bits per heavy atom. The van der Waals surface area contributed by atoms with E-state index in [-0.39, 0.29) is 6.61 Å². The summed E-state index contributed by atoms with van der Waals surface area (Å²) in [5.74, 6) is -0.773. The Balaban J connectivity index is 2.33. The molecule has 1 rings (SSSR count). The third-order valence-corrected chi connectivity index (χ3v) is 1.97. The molecule has 0 aliphatic rings. The highest BCUT2D eigenvalue weighted by molar-refractivity contribution is 5.94. The summed E-state index contributed by atoms with van der Waals surface area (Å²) in [6.07, 6.45) is -0.886. The zero-order valence-electron chi connectivity index (χ0n) is 9.13. The van der Waals surface area contributed by atoms with Gasteiger partial charge in [-0.1, -0.05) is 30.3 Å². The molecular formula is C11H14N2O4. The molecule has 0 spiro atoms. The van der Waals surface area contributed by atoms with E-state index >= 15 is 0 Å². The molecule has 0 bridgehead atoms. The SMILES string of the molecule is N[C@@H](CO)C(=O)NC(=O)OCc1ccccc1. The van der Waals surface area contributed by atoms with Crippen molar-refractivity contribution in [3.8, 4) is 0 Å². The van der Waals surface area contributed by atoms with Gasteiger partial charge in [-0.25, -0.2) is 4.79 Å². The normalized spacial score (nSPS) is 11.6. The highest BCUT2D eigenvalue weighted by Gasteiger charge is 2.15. The van der Waals surface area contributed by atoms with Crippen molar-refractivity contribution in [2.24, 2.45) is 5.73 Å². The highest BCUT2D eigenvalue weighted by Crippen LogP contribution is 2.00. The molecule has 1 aromatic carbocycles. The number of alkyl carbamates (subject to hydrolysis) is 1. The first kappa shape index (κ1) is 13.1. The number of carbonyl (C=O) groups is 2. The van der Waals surface area contributed by atoms with E-state index in [2.05, 4.69) is 0 Å². The van der Waals surface area contributed by atoms with Crippen molar-refractivity contribution >= 4 is 12.0 Å². The molecule has 1 atom stereocenters.